The van der Waals surface area contributed by atoms with Gasteiger partial charge in [0.2, 0.25) is 0 Å². The number of hydrogen-bond donors (Lipinski definition) is 0. The lowest BCUT2D eigenvalue weighted by molar-refractivity contribution is 0.834. The molecule has 0 N–H and O–H groups in total. The van der Waals surface area contributed by atoms with Crippen LogP contribution in [-0.2, 0) is 0 Å². The number of para-hydroxylation sites is 1. The summed E-state index contributed by atoms with van der Waals surface area (Å²) in [5, 5.41) is 4.44. The van der Waals surface area contributed by atoms with E-state index in [0.717, 1.165) is 5.69 Å². The first-order valence-electron chi connectivity index (χ1n) is 8.31. The van der Waals surface area contributed by atoms with E-state index in [-0.39, 0.29) is 0 Å². The molecule has 0 radical (unpaired) electrons. The predicted octanol–water partition coefficient (Wildman–Crippen LogP) is 5.79. The molecule has 1 aromatic heterocycles. The van der Waals surface area contributed by atoms with Gasteiger partial charge in [-0.3, -0.25) is 0 Å². The Labute approximate surface area is 138 Å². The van der Waals surface area contributed by atoms with E-state index in [1.807, 2.05) is 23.1 Å². The molecule has 2 nitrogen and oxygen atoms in total. The summed E-state index contributed by atoms with van der Waals surface area (Å²) in [5.74, 6) is 0.962. The maximum Gasteiger partial charge on any atom is 0.0724 e. The zero-order chi connectivity index (χ0) is 16.4. The third kappa shape index (κ3) is 2.94. The molecular formula is C21H24N2. The Bertz CT molecular complexity index is 757. The zero-order valence-electron chi connectivity index (χ0n) is 14.3. The van der Waals surface area contributed by atoms with Crippen LogP contribution in [0.1, 0.15) is 50.7 Å². The molecule has 3 rings (SSSR count). The van der Waals surface area contributed by atoms with Crippen molar-refractivity contribution in [3.05, 3.63) is 72.1 Å². The first-order chi connectivity index (χ1) is 11.1. The van der Waals surface area contributed by atoms with Crippen LogP contribution < -0.4 is 0 Å². The van der Waals surface area contributed by atoms with Crippen molar-refractivity contribution in [1.82, 2.24) is 9.78 Å². The Morgan fingerprint density at radius 1 is 0.783 bits per heavy atom. The van der Waals surface area contributed by atoms with Crippen LogP contribution in [0.3, 0.4) is 0 Å². The lowest BCUT2D eigenvalue weighted by atomic mass is 9.84. The van der Waals surface area contributed by atoms with Gasteiger partial charge in [0.25, 0.3) is 0 Å². The van der Waals surface area contributed by atoms with Gasteiger partial charge in [0.1, 0.15) is 0 Å². The fraction of sp³-hybridized carbons (Fsp3) is 0.286. The Balaban J connectivity index is 2.31. The average molecular weight is 304 g/mol. The molecule has 0 aliphatic carbocycles. The molecule has 0 saturated carbocycles. The Morgan fingerprint density at radius 2 is 1.43 bits per heavy atom. The maximum absolute atomic E-state index is 4.44. The lowest BCUT2D eigenvalue weighted by Gasteiger charge is -2.21. The number of rotatable bonds is 4. The van der Waals surface area contributed by atoms with E-state index in [9.17, 15) is 0 Å². The van der Waals surface area contributed by atoms with E-state index < -0.39 is 0 Å². The van der Waals surface area contributed by atoms with Crippen molar-refractivity contribution in [2.24, 2.45) is 0 Å². The zero-order valence-corrected chi connectivity index (χ0v) is 14.3. The molecule has 118 valence electrons. The van der Waals surface area contributed by atoms with Gasteiger partial charge in [-0.25, -0.2) is 4.68 Å². The van der Waals surface area contributed by atoms with Crippen molar-refractivity contribution in [2.45, 2.75) is 39.5 Å². The second-order valence-electron chi connectivity index (χ2n) is 6.59. The third-order valence-electron chi connectivity index (χ3n) is 4.30. The minimum atomic E-state index is 0.481. The fourth-order valence-electron chi connectivity index (χ4n) is 3.16. The van der Waals surface area contributed by atoms with Crippen LogP contribution in [0.5, 0.6) is 0 Å². The molecule has 0 bridgehead atoms. The van der Waals surface area contributed by atoms with Gasteiger partial charge in [-0.2, -0.15) is 5.10 Å². The molecule has 2 aromatic carbocycles. The van der Waals surface area contributed by atoms with Crippen molar-refractivity contribution in [3.63, 3.8) is 0 Å². The molecule has 0 fully saturated rings. The van der Waals surface area contributed by atoms with Crippen molar-refractivity contribution in [1.29, 1.82) is 0 Å². The van der Waals surface area contributed by atoms with E-state index in [4.69, 9.17) is 0 Å². The maximum atomic E-state index is 4.44. The monoisotopic (exact) mass is 304 g/mol. The summed E-state index contributed by atoms with van der Waals surface area (Å²) < 4.78 is 1.95. The quantitative estimate of drug-likeness (QED) is 0.597. The summed E-state index contributed by atoms with van der Waals surface area (Å²) in [5.41, 5.74) is 6.55. The van der Waals surface area contributed by atoms with E-state index in [0.29, 0.717) is 11.8 Å². The lowest BCUT2D eigenvalue weighted by Crippen LogP contribution is -2.03. The topological polar surface area (TPSA) is 17.8 Å². The standard InChI is InChI=1S/C21H24N2/c1-15(2)17-10-7-11-18(16(3)4)21(17)19-9-5-6-12-20(19)23-14-8-13-22-23/h5-16H,1-4H3. The van der Waals surface area contributed by atoms with E-state index in [1.165, 1.54) is 22.3 Å². The van der Waals surface area contributed by atoms with Crippen molar-refractivity contribution in [2.75, 3.05) is 0 Å². The van der Waals surface area contributed by atoms with Crippen molar-refractivity contribution >= 4 is 0 Å². The van der Waals surface area contributed by atoms with Crippen LogP contribution in [0.15, 0.2) is 60.9 Å². The van der Waals surface area contributed by atoms with Gasteiger partial charge in [-0.15, -0.1) is 0 Å². The molecule has 0 amide bonds. The summed E-state index contributed by atoms with van der Waals surface area (Å²) in [7, 11) is 0. The summed E-state index contributed by atoms with van der Waals surface area (Å²) in [4.78, 5) is 0. The minimum Gasteiger partial charge on any atom is -0.240 e. The SMILES string of the molecule is CC(C)c1cccc(C(C)C)c1-c1ccccc1-n1cccn1. The van der Waals surface area contributed by atoms with Crippen molar-refractivity contribution < 1.29 is 0 Å². The fourth-order valence-corrected chi connectivity index (χ4v) is 3.16. The second kappa shape index (κ2) is 6.41. The van der Waals surface area contributed by atoms with Crippen LogP contribution in [-0.4, -0.2) is 9.78 Å². The van der Waals surface area contributed by atoms with Crippen LogP contribution in [0.2, 0.25) is 0 Å². The molecule has 2 heteroatoms. The smallest absolute Gasteiger partial charge is 0.0724 e. The third-order valence-corrected chi connectivity index (χ3v) is 4.30. The first-order valence-corrected chi connectivity index (χ1v) is 8.31. The van der Waals surface area contributed by atoms with Crippen LogP contribution in [0, 0.1) is 0 Å². The minimum absolute atomic E-state index is 0.481. The number of nitrogens with zero attached hydrogens (tertiary/aromatic N) is 2. The number of benzene rings is 2. The summed E-state index contributed by atoms with van der Waals surface area (Å²) in [6.45, 7) is 9.05. The Kier molecular flexibility index (Phi) is 4.33. The Morgan fingerprint density at radius 3 is 2.00 bits per heavy atom. The highest BCUT2D eigenvalue weighted by atomic mass is 15.3. The average Bonchev–Trinajstić information content (AvgIpc) is 3.08. The molecule has 3 aromatic rings. The molecular weight excluding hydrogens is 280 g/mol. The van der Waals surface area contributed by atoms with Gasteiger partial charge in [0.05, 0.1) is 5.69 Å². The van der Waals surface area contributed by atoms with Crippen molar-refractivity contribution in [3.8, 4) is 16.8 Å². The van der Waals surface area contributed by atoms with Gasteiger partial charge in [0.15, 0.2) is 0 Å². The van der Waals surface area contributed by atoms with Gasteiger partial charge >= 0.3 is 0 Å². The summed E-state index contributed by atoms with van der Waals surface area (Å²) in [6, 6.07) is 17.2. The van der Waals surface area contributed by atoms with Crippen LogP contribution in [0.25, 0.3) is 16.8 Å². The van der Waals surface area contributed by atoms with Gasteiger partial charge in [0, 0.05) is 18.0 Å². The normalized spacial score (nSPS) is 11.4. The van der Waals surface area contributed by atoms with Crippen LogP contribution in [0.4, 0.5) is 0 Å². The number of aromatic nitrogens is 2. The molecule has 0 spiro atoms. The van der Waals surface area contributed by atoms with Gasteiger partial charge in [-0.1, -0.05) is 64.1 Å². The first kappa shape index (κ1) is 15.5. The molecule has 0 unspecified atom stereocenters. The molecule has 0 aliphatic rings. The molecule has 23 heavy (non-hydrogen) atoms. The highest BCUT2D eigenvalue weighted by molar-refractivity contribution is 5.79. The molecule has 1 heterocycles. The van der Waals surface area contributed by atoms with Gasteiger partial charge < -0.3 is 0 Å². The summed E-state index contributed by atoms with van der Waals surface area (Å²) in [6.07, 6.45) is 3.83. The summed E-state index contributed by atoms with van der Waals surface area (Å²) >= 11 is 0. The van der Waals surface area contributed by atoms with E-state index in [2.05, 4.69) is 75.3 Å². The molecule has 0 aliphatic heterocycles. The molecule has 0 atom stereocenters. The Hall–Kier alpha value is -2.35. The van der Waals surface area contributed by atoms with E-state index >= 15 is 0 Å². The van der Waals surface area contributed by atoms with Crippen LogP contribution >= 0.6 is 0 Å². The van der Waals surface area contributed by atoms with Gasteiger partial charge in [-0.05, 0) is 40.7 Å². The van der Waals surface area contributed by atoms with E-state index in [1.54, 1.807) is 0 Å². The molecule has 0 saturated heterocycles. The second-order valence-corrected chi connectivity index (χ2v) is 6.59. The predicted molar refractivity (Wildman–Crippen MR) is 97.2 cm³/mol. The number of hydrogen-bond acceptors (Lipinski definition) is 1. The highest BCUT2D eigenvalue weighted by Crippen LogP contribution is 2.38. The largest absolute Gasteiger partial charge is 0.240 e. The highest BCUT2D eigenvalue weighted by Gasteiger charge is 2.18.